The number of nitrogens with zero attached hydrogens (tertiary/aromatic N) is 1. The highest BCUT2D eigenvalue weighted by molar-refractivity contribution is 6.10. The summed E-state index contributed by atoms with van der Waals surface area (Å²) in [7, 11) is 0. The van der Waals surface area contributed by atoms with Gasteiger partial charge in [0, 0.05) is 36.2 Å². The van der Waals surface area contributed by atoms with Crippen molar-refractivity contribution in [3.05, 3.63) is 166 Å². The Morgan fingerprint density at radius 2 is 1.69 bits per heavy atom. The molecule has 5 aromatic carbocycles. The van der Waals surface area contributed by atoms with Gasteiger partial charge in [0.15, 0.2) is 17.4 Å². The quantitative estimate of drug-likeness (QED) is 0.0863. The number of halogens is 2. The van der Waals surface area contributed by atoms with E-state index in [2.05, 4.69) is 49.1 Å². The molecule has 3 aliphatic rings. The van der Waals surface area contributed by atoms with E-state index in [-0.39, 0.29) is 31.2 Å². The maximum Gasteiger partial charge on any atom is 0.193 e. The smallest absolute Gasteiger partial charge is 0.193 e. The van der Waals surface area contributed by atoms with Crippen LogP contribution in [0.15, 0.2) is 121 Å². The Morgan fingerprint density at radius 3 is 2.50 bits per heavy atom. The van der Waals surface area contributed by atoms with E-state index >= 15 is 0 Å². The Morgan fingerprint density at radius 1 is 0.914 bits per heavy atom. The van der Waals surface area contributed by atoms with Crippen LogP contribution in [0.5, 0.6) is 0 Å². The number of ketones is 1. The number of fused-ring (bicyclic) bond motifs is 9. The van der Waals surface area contributed by atoms with E-state index in [4.69, 9.17) is 4.74 Å². The van der Waals surface area contributed by atoms with Gasteiger partial charge in [-0.2, -0.15) is 0 Å². The largest absolute Gasteiger partial charge is 0.393 e. The van der Waals surface area contributed by atoms with Gasteiger partial charge in [-0.3, -0.25) is 9.69 Å². The van der Waals surface area contributed by atoms with E-state index in [1.54, 1.807) is 6.07 Å². The molecule has 0 heterocycles. The fourth-order valence-corrected chi connectivity index (χ4v) is 9.45. The minimum atomic E-state index is -1.25. The molecule has 0 aromatic heterocycles. The second-order valence-corrected chi connectivity index (χ2v) is 16.9. The molecule has 5 atom stereocenters. The molecule has 0 aliphatic heterocycles. The van der Waals surface area contributed by atoms with Crippen molar-refractivity contribution in [3.63, 3.8) is 0 Å². The van der Waals surface area contributed by atoms with Crippen molar-refractivity contribution in [2.24, 2.45) is 5.41 Å². The maximum absolute atomic E-state index is 14.5. The van der Waals surface area contributed by atoms with Gasteiger partial charge in [0.2, 0.25) is 0 Å². The number of rotatable bonds is 12. The molecule has 1 saturated carbocycles. The number of aliphatic hydroxyl groups is 3. The molecular weight excluding hydrogens is 733 g/mol. The third kappa shape index (κ3) is 9.33. The lowest BCUT2D eigenvalue weighted by Gasteiger charge is -2.46. The number of aliphatic hydroxyl groups excluding tert-OH is 2. The Hall–Kier alpha value is -4.57. The Balaban J connectivity index is 1.25. The standard InChI is InChI=1S/C50H55F2NO5/c1-34-10-9-24-49(2)45(43-21-18-36(26-40(54)20-17-34)27-44(43)48(56)38-19-22-46(51)47(52)28-38)23-25-50(49,57)33-53(29-39-15-8-14-37-13-6-7-16-42(37)39)30-41(55)32-58-31-35-11-4-3-5-12-35/h3-8,10-16,18-19,21-22,27-28,40-41,45,54-55,57H,9,17,20,23-26,29-33H2,1-2H3/t40-,41+,45-,49-,50+/m0/s1. The van der Waals surface area contributed by atoms with Gasteiger partial charge in [0.05, 0.1) is 31.0 Å². The van der Waals surface area contributed by atoms with Crippen LogP contribution in [-0.4, -0.2) is 63.5 Å². The summed E-state index contributed by atoms with van der Waals surface area (Å²) in [5.41, 5.74) is 3.23. The molecule has 8 rings (SSSR count). The number of allylic oxidation sites excluding steroid dienone is 2. The summed E-state index contributed by atoms with van der Waals surface area (Å²) in [4.78, 5) is 16.5. The molecule has 3 aliphatic carbocycles. The average molecular weight is 788 g/mol. The van der Waals surface area contributed by atoms with Crippen LogP contribution in [0.4, 0.5) is 8.78 Å². The lowest BCUT2D eigenvalue weighted by Crippen LogP contribution is -2.53. The van der Waals surface area contributed by atoms with Crippen LogP contribution >= 0.6 is 0 Å². The third-order valence-electron chi connectivity index (χ3n) is 12.7. The monoisotopic (exact) mass is 787 g/mol. The topological polar surface area (TPSA) is 90.2 Å². The molecule has 2 bridgehead atoms. The van der Waals surface area contributed by atoms with Gasteiger partial charge >= 0.3 is 0 Å². The highest BCUT2D eigenvalue weighted by atomic mass is 19.2. The summed E-state index contributed by atoms with van der Waals surface area (Å²) < 4.78 is 34.5. The molecule has 6 nitrogen and oxygen atoms in total. The lowest BCUT2D eigenvalue weighted by molar-refractivity contribution is -0.0922. The van der Waals surface area contributed by atoms with Gasteiger partial charge in [-0.15, -0.1) is 0 Å². The van der Waals surface area contributed by atoms with Crippen molar-refractivity contribution in [2.45, 2.75) is 95.7 Å². The molecule has 0 radical (unpaired) electrons. The Bertz CT molecular complexity index is 2240. The van der Waals surface area contributed by atoms with Crippen LogP contribution in [-0.2, 0) is 24.3 Å². The van der Waals surface area contributed by atoms with Crippen LogP contribution in [0.2, 0.25) is 0 Å². The summed E-state index contributed by atoms with van der Waals surface area (Å²) >= 11 is 0. The van der Waals surface area contributed by atoms with E-state index in [9.17, 15) is 28.9 Å². The summed E-state index contributed by atoms with van der Waals surface area (Å²) in [6.45, 7) is 5.71. The molecule has 5 aromatic rings. The molecule has 58 heavy (non-hydrogen) atoms. The van der Waals surface area contributed by atoms with Gasteiger partial charge in [-0.05, 0) is 115 Å². The van der Waals surface area contributed by atoms with Crippen molar-refractivity contribution in [1.29, 1.82) is 0 Å². The predicted molar refractivity (Wildman–Crippen MR) is 225 cm³/mol. The number of ether oxygens (including phenoxy) is 1. The number of hydrogen-bond donors (Lipinski definition) is 3. The molecule has 8 heteroatoms. The Kier molecular flexibility index (Phi) is 13.0. The van der Waals surface area contributed by atoms with E-state index < -0.39 is 40.6 Å². The van der Waals surface area contributed by atoms with Gasteiger partial charge in [-0.1, -0.05) is 104 Å². The summed E-state index contributed by atoms with van der Waals surface area (Å²) in [5, 5.41) is 37.9. The fourth-order valence-electron chi connectivity index (χ4n) is 9.45. The van der Waals surface area contributed by atoms with E-state index in [0.29, 0.717) is 63.7 Å². The maximum atomic E-state index is 14.5. The summed E-state index contributed by atoms with van der Waals surface area (Å²) in [6.07, 6.45) is 4.70. The number of carbonyl (C=O) groups excluding carboxylic acids is 1. The van der Waals surface area contributed by atoms with Crippen molar-refractivity contribution in [1.82, 2.24) is 4.90 Å². The van der Waals surface area contributed by atoms with Crippen molar-refractivity contribution in [3.8, 4) is 0 Å². The molecule has 304 valence electrons. The predicted octanol–water partition coefficient (Wildman–Crippen LogP) is 9.47. The third-order valence-corrected chi connectivity index (χ3v) is 12.7. The van der Waals surface area contributed by atoms with Crippen LogP contribution in [0.3, 0.4) is 0 Å². The number of carbonyl (C=O) groups is 1. The highest BCUT2D eigenvalue weighted by Gasteiger charge is 2.57. The van der Waals surface area contributed by atoms with Gasteiger partial charge in [0.1, 0.15) is 0 Å². The normalized spacial score (nSPS) is 23.1. The minimum absolute atomic E-state index is 0.0391. The zero-order chi connectivity index (χ0) is 40.9. The van der Waals surface area contributed by atoms with E-state index in [1.807, 2.05) is 60.7 Å². The minimum Gasteiger partial charge on any atom is -0.393 e. The SMILES string of the molecule is CC1=CCC[C@@]2(C)[C@@H](CC[C@@]2(O)CN(Cc2cccc3ccccc23)C[C@@H](O)COCc2ccccc2)c2ccc(cc2C(=O)c2ccc(F)c(F)c2)C[C@@H](O)CC1. The van der Waals surface area contributed by atoms with Gasteiger partial charge in [-0.25, -0.2) is 8.78 Å². The van der Waals surface area contributed by atoms with Crippen molar-refractivity contribution < 1.29 is 33.6 Å². The zero-order valence-corrected chi connectivity index (χ0v) is 33.5. The van der Waals surface area contributed by atoms with Crippen LogP contribution < -0.4 is 0 Å². The Labute approximate surface area is 340 Å². The number of hydrogen-bond acceptors (Lipinski definition) is 6. The molecule has 3 N–H and O–H groups in total. The number of benzene rings is 5. The van der Waals surface area contributed by atoms with Crippen molar-refractivity contribution >= 4 is 16.6 Å². The first-order valence-electron chi connectivity index (χ1n) is 20.6. The molecule has 0 unspecified atom stereocenters. The fraction of sp³-hybridized carbons (Fsp3) is 0.380. The first-order valence-corrected chi connectivity index (χ1v) is 20.6. The van der Waals surface area contributed by atoms with E-state index in [0.717, 1.165) is 45.2 Å². The van der Waals surface area contributed by atoms with Crippen LogP contribution in [0, 0.1) is 17.0 Å². The van der Waals surface area contributed by atoms with Crippen molar-refractivity contribution in [2.75, 3.05) is 19.7 Å². The lowest BCUT2D eigenvalue weighted by atomic mass is 9.64. The molecule has 1 fully saturated rings. The second-order valence-electron chi connectivity index (χ2n) is 16.9. The first kappa shape index (κ1) is 41.6. The average Bonchev–Trinajstić information content (AvgIpc) is 3.46. The van der Waals surface area contributed by atoms with Gasteiger partial charge < -0.3 is 20.1 Å². The van der Waals surface area contributed by atoms with Gasteiger partial charge in [0.25, 0.3) is 0 Å². The first-order chi connectivity index (χ1) is 27.9. The molecule has 0 amide bonds. The summed E-state index contributed by atoms with van der Waals surface area (Å²) in [5.74, 6) is -2.82. The van der Waals surface area contributed by atoms with Crippen LogP contribution in [0.25, 0.3) is 10.8 Å². The second kappa shape index (κ2) is 18.1. The van der Waals surface area contributed by atoms with E-state index in [1.165, 1.54) is 11.6 Å². The molecule has 0 saturated heterocycles. The van der Waals surface area contributed by atoms with Crippen LogP contribution in [0.1, 0.15) is 96.5 Å². The molecule has 0 spiro atoms. The molecular formula is C50H55F2NO5. The zero-order valence-electron chi connectivity index (χ0n) is 33.5. The summed E-state index contributed by atoms with van der Waals surface area (Å²) in [6, 6.07) is 33.2. The highest BCUT2D eigenvalue weighted by Crippen LogP contribution is 2.59.